The van der Waals surface area contributed by atoms with Crippen molar-refractivity contribution in [1.29, 1.82) is 0 Å². The molecule has 0 heterocycles. The number of hydrogen-bond acceptors (Lipinski definition) is 5. The lowest BCUT2D eigenvalue weighted by Crippen LogP contribution is -2.45. The zero-order valence-electron chi connectivity index (χ0n) is 45.3. The predicted molar refractivity (Wildman–Crippen MR) is 296 cm³/mol. The first-order valence-corrected chi connectivity index (χ1v) is 29.9. The molecule has 0 aliphatic heterocycles. The van der Waals surface area contributed by atoms with Crippen LogP contribution in [0.2, 0.25) is 0 Å². The molecule has 0 aromatic carbocycles. The van der Waals surface area contributed by atoms with Gasteiger partial charge in [0.2, 0.25) is 5.91 Å². The molecule has 2 unspecified atom stereocenters. The number of carbonyl (C=O) groups excluding carboxylic acids is 2. The summed E-state index contributed by atoms with van der Waals surface area (Å²) >= 11 is 0. The second-order valence-electron chi connectivity index (χ2n) is 20.3. The van der Waals surface area contributed by atoms with Gasteiger partial charge in [0.1, 0.15) is 0 Å². The first-order chi connectivity index (χ1) is 33.5. The maximum Gasteiger partial charge on any atom is 0.305 e. The summed E-state index contributed by atoms with van der Waals surface area (Å²) < 4.78 is 5.47. The number of aliphatic hydroxyl groups is 2. The van der Waals surface area contributed by atoms with Crippen LogP contribution < -0.4 is 5.32 Å². The number of ether oxygens (including phenoxy) is 1. The summed E-state index contributed by atoms with van der Waals surface area (Å²) in [4.78, 5) is 24.5. The van der Waals surface area contributed by atoms with E-state index in [4.69, 9.17) is 4.74 Å². The van der Waals surface area contributed by atoms with Crippen LogP contribution >= 0.6 is 0 Å². The van der Waals surface area contributed by atoms with E-state index in [2.05, 4.69) is 55.6 Å². The molecule has 3 N–H and O–H groups in total. The van der Waals surface area contributed by atoms with Crippen LogP contribution in [0.3, 0.4) is 0 Å². The van der Waals surface area contributed by atoms with E-state index in [1.807, 2.05) is 6.08 Å². The number of esters is 1. The molecule has 2 atom stereocenters. The Morgan fingerprint density at radius 3 is 1.15 bits per heavy atom. The highest BCUT2D eigenvalue weighted by Crippen LogP contribution is 2.16. The van der Waals surface area contributed by atoms with Crippen LogP contribution in [0.4, 0.5) is 0 Å². The Balaban J connectivity index is 3.48. The molecule has 68 heavy (non-hydrogen) atoms. The fourth-order valence-electron chi connectivity index (χ4n) is 8.95. The summed E-state index contributed by atoms with van der Waals surface area (Å²) in [5, 5.41) is 23.1. The Morgan fingerprint density at radius 1 is 0.412 bits per heavy atom. The third-order valence-electron chi connectivity index (χ3n) is 13.6. The molecule has 0 rings (SSSR count). The number of unbranched alkanes of at least 4 members (excludes halogenated alkanes) is 38. The second kappa shape index (κ2) is 57.4. The molecule has 1 amide bonds. The van der Waals surface area contributed by atoms with Crippen molar-refractivity contribution in [1.82, 2.24) is 5.32 Å². The number of rotatable bonds is 55. The van der Waals surface area contributed by atoms with Gasteiger partial charge in [-0.05, 0) is 89.9 Å². The van der Waals surface area contributed by atoms with Crippen LogP contribution in [-0.2, 0) is 14.3 Å². The van der Waals surface area contributed by atoms with Crippen LogP contribution in [0.25, 0.3) is 0 Å². The van der Waals surface area contributed by atoms with Crippen molar-refractivity contribution in [2.45, 2.75) is 321 Å². The Bertz CT molecular complexity index is 1150. The van der Waals surface area contributed by atoms with E-state index in [9.17, 15) is 19.8 Å². The van der Waals surface area contributed by atoms with Gasteiger partial charge in [0.25, 0.3) is 0 Å². The van der Waals surface area contributed by atoms with Gasteiger partial charge in [-0.2, -0.15) is 0 Å². The molecular formula is C62H115NO5. The summed E-state index contributed by atoms with van der Waals surface area (Å²) in [7, 11) is 0. The average Bonchev–Trinajstić information content (AvgIpc) is 3.34. The topological polar surface area (TPSA) is 95.9 Å². The molecule has 0 bridgehead atoms. The third kappa shape index (κ3) is 53.2. The molecule has 0 aliphatic rings. The fourth-order valence-corrected chi connectivity index (χ4v) is 8.95. The third-order valence-corrected chi connectivity index (χ3v) is 13.6. The molecular weight excluding hydrogens is 839 g/mol. The van der Waals surface area contributed by atoms with Crippen LogP contribution in [0.5, 0.6) is 0 Å². The lowest BCUT2D eigenvalue weighted by atomic mass is 10.0. The number of carbonyl (C=O) groups is 2. The molecule has 0 aromatic rings. The van der Waals surface area contributed by atoms with Gasteiger partial charge >= 0.3 is 5.97 Å². The zero-order valence-corrected chi connectivity index (χ0v) is 45.3. The lowest BCUT2D eigenvalue weighted by molar-refractivity contribution is -0.143. The van der Waals surface area contributed by atoms with Gasteiger partial charge in [0, 0.05) is 12.8 Å². The van der Waals surface area contributed by atoms with Gasteiger partial charge in [-0.3, -0.25) is 9.59 Å². The van der Waals surface area contributed by atoms with Crippen molar-refractivity contribution >= 4 is 11.9 Å². The Labute approximate surface area is 423 Å². The van der Waals surface area contributed by atoms with Crippen molar-refractivity contribution in [2.24, 2.45) is 0 Å². The quantitative estimate of drug-likeness (QED) is 0.0321. The average molecular weight is 955 g/mol. The monoisotopic (exact) mass is 954 g/mol. The molecule has 0 aliphatic carbocycles. The van der Waals surface area contributed by atoms with Crippen LogP contribution in [-0.4, -0.2) is 47.4 Å². The minimum Gasteiger partial charge on any atom is -0.466 e. The first-order valence-electron chi connectivity index (χ1n) is 29.9. The van der Waals surface area contributed by atoms with Crippen LogP contribution in [0, 0.1) is 0 Å². The number of nitrogens with one attached hydrogen (secondary N) is 1. The fraction of sp³-hybridized carbons (Fsp3) is 0.839. The van der Waals surface area contributed by atoms with E-state index >= 15 is 0 Å². The molecule has 0 radical (unpaired) electrons. The number of aliphatic hydroxyl groups excluding tert-OH is 2. The smallest absolute Gasteiger partial charge is 0.305 e. The maximum atomic E-state index is 12.5. The second-order valence-corrected chi connectivity index (χ2v) is 20.3. The van der Waals surface area contributed by atoms with Gasteiger partial charge in [-0.15, -0.1) is 0 Å². The largest absolute Gasteiger partial charge is 0.466 e. The predicted octanol–water partition coefficient (Wildman–Crippen LogP) is 18.6. The Morgan fingerprint density at radius 2 is 0.735 bits per heavy atom. The van der Waals surface area contributed by atoms with Gasteiger partial charge in [0.15, 0.2) is 0 Å². The highest BCUT2D eigenvalue weighted by molar-refractivity contribution is 5.76. The summed E-state index contributed by atoms with van der Waals surface area (Å²) in [6.07, 6.45) is 72.7. The lowest BCUT2D eigenvalue weighted by Gasteiger charge is -2.20. The summed E-state index contributed by atoms with van der Waals surface area (Å²) in [6, 6.07) is -0.636. The molecule has 398 valence electrons. The van der Waals surface area contributed by atoms with Crippen molar-refractivity contribution in [3.8, 4) is 0 Å². The standard InChI is InChI=1S/C62H115NO5/c1-3-5-7-9-11-13-15-17-19-26-30-34-38-42-46-50-54-60(65)59(58-64)63-61(66)55-51-47-43-39-35-31-27-24-22-21-23-25-29-33-37-41-45-49-53-57-68-62(67)56-52-48-44-40-36-32-28-20-18-16-14-12-10-8-6-4-2/h14,16,20-22,28,50,54,59-60,64-65H,3-13,15,17-19,23-27,29-49,51-53,55-58H2,1-2H3,(H,63,66)/b16-14-,22-21-,28-20-,54-50+. The van der Waals surface area contributed by atoms with Gasteiger partial charge in [0.05, 0.1) is 25.4 Å². The van der Waals surface area contributed by atoms with Gasteiger partial charge < -0.3 is 20.3 Å². The Kier molecular flexibility index (Phi) is 55.6. The molecule has 6 heteroatoms. The van der Waals surface area contributed by atoms with Crippen LogP contribution in [0.1, 0.15) is 309 Å². The maximum absolute atomic E-state index is 12.5. The van der Waals surface area contributed by atoms with Crippen molar-refractivity contribution in [2.75, 3.05) is 13.2 Å². The normalized spacial score (nSPS) is 12.9. The molecule has 6 nitrogen and oxygen atoms in total. The molecule has 0 fully saturated rings. The molecule has 0 aromatic heterocycles. The highest BCUT2D eigenvalue weighted by atomic mass is 16.5. The number of allylic oxidation sites excluding steroid dienone is 7. The van der Waals surface area contributed by atoms with Crippen molar-refractivity contribution in [3.63, 3.8) is 0 Å². The van der Waals surface area contributed by atoms with E-state index < -0.39 is 12.1 Å². The van der Waals surface area contributed by atoms with E-state index in [1.165, 1.54) is 218 Å². The number of hydrogen-bond donors (Lipinski definition) is 3. The molecule has 0 saturated heterocycles. The Hall–Kier alpha value is -2.18. The minimum atomic E-state index is -0.852. The van der Waals surface area contributed by atoms with Gasteiger partial charge in [-0.1, -0.05) is 255 Å². The van der Waals surface area contributed by atoms with Crippen LogP contribution in [0.15, 0.2) is 48.6 Å². The van der Waals surface area contributed by atoms with E-state index in [0.717, 1.165) is 64.2 Å². The summed E-state index contributed by atoms with van der Waals surface area (Å²) in [6.45, 7) is 4.87. The molecule has 0 saturated carbocycles. The summed E-state index contributed by atoms with van der Waals surface area (Å²) in [5.74, 6) is -0.0881. The van der Waals surface area contributed by atoms with Crippen molar-refractivity contribution in [3.05, 3.63) is 48.6 Å². The number of amides is 1. The first kappa shape index (κ1) is 65.8. The summed E-state index contributed by atoms with van der Waals surface area (Å²) in [5.41, 5.74) is 0. The van der Waals surface area contributed by atoms with Crippen molar-refractivity contribution < 1.29 is 24.5 Å². The van der Waals surface area contributed by atoms with E-state index in [1.54, 1.807) is 6.08 Å². The minimum absolute atomic E-state index is 0.0106. The molecule has 0 spiro atoms. The highest BCUT2D eigenvalue weighted by Gasteiger charge is 2.18. The zero-order chi connectivity index (χ0) is 49.3. The van der Waals surface area contributed by atoms with Gasteiger partial charge in [-0.25, -0.2) is 0 Å². The van der Waals surface area contributed by atoms with E-state index in [-0.39, 0.29) is 18.5 Å². The SMILES string of the molecule is CCCCCC/C=C\C/C=C\CCCCCCCC(=O)OCCCCCCCCCC/C=C\CCCCCCCCCC(=O)NC(CO)C(O)/C=C/CCCCCCCCCCCCCCCC. The van der Waals surface area contributed by atoms with E-state index in [0.29, 0.717) is 19.4 Å².